The third kappa shape index (κ3) is 5.87. The minimum atomic E-state index is -4.89. The first kappa shape index (κ1) is 30.3. The van der Waals surface area contributed by atoms with E-state index in [0.717, 1.165) is 22.4 Å². The summed E-state index contributed by atoms with van der Waals surface area (Å²) in [4.78, 5) is 16.6. The Hall–Kier alpha value is -4.78. The van der Waals surface area contributed by atoms with Gasteiger partial charge in [-0.05, 0) is 65.9 Å². The molecule has 1 saturated carbocycles. The minimum absolute atomic E-state index is 0.0981. The topological polar surface area (TPSA) is 96.2 Å². The number of primary amides is 1. The first-order valence-electron chi connectivity index (χ1n) is 13.4. The largest absolute Gasteiger partial charge is 0.573 e. The first-order chi connectivity index (χ1) is 21.1. The van der Waals surface area contributed by atoms with Crippen LogP contribution in [0, 0.1) is 6.92 Å². The number of carbonyl (C=O) groups is 1. The number of aryl methyl sites for hydroxylation is 1. The van der Waals surface area contributed by atoms with Crippen LogP contribution in [0.15, 0.2) is 77.2 Å². The molecule has 0 bridgehead atoms. The molecule has 14 heteroatoms. The molecular weight excluding hydrogens is 626 g/mol. The lowest BCUT2D eigenvalue weighted by Crippen LogP contribution is -2.28. The molecule has 0 saturated heterocycles. The van der Waals surface area contributed by atoms with Gasteiger partial charge >= 0.3 is 12.5 Å². The van der Waals surface area contributed by atoms with E-state index < -0.39 is 35.3 Å². The number of amides is 1. The molecule has 0 spiro atoms. The van der Waals surface area contributed by atoms with Crippen molar-refractivity contribution in [2.24, 2.45) is 5.73 Å². The van der Waals surface area contributed by atoms with Crippen molar-refractivity contribution in [2.45, 2.75) is 37.7 Å². The van der Waals surface area contributed by atoms with Crippen molar-refractivity contribution in [2.75, 3.05) is 0 Å². The number of hydrogen-bond acceptors (Lipinski definition) is 5. The van der Waals surface area contributed by atoms with Gasteiger partial charge in [-0.25, -0.2) is 9.67 Å². The lowest BCUT2D eigenvalue weighted by atomic mass is 9.91. The maximum atomic E-state index is 13.5. The molecule has 3 aromatic carbocycles. The lowest BCUT2D eigenvalue weighted by Gasteiger charge is -2.15. The maximum absolute atomic E-state index is 13.5. The van der Waals surface area contributed by atoms with Crippen molar-refractivity contribution in [3.05, 3.63) is 95.1 Å². The molecule has 6 rings (SSSR count). The van der Waals surface area contributed by atoms with Gasteiger partial charge in [-0.3, -0.25) is 4.79 Å². The number of ether oxygens (including phenoxy) is 1. The maximum Gasteiger partial charge on any atom is 0.573 e. The van der Waals surface area contributed by atoms with Gasteiger partial charge in [0.15, 0.2) is 17.3 Å². The quantitative estimate of drug-likeness (QED) is 0.180. The second-order valence-corrected chi connectivity index (χ2v) is 10.9. The summed E-state index contributed by atoms with van der Waals surface area (Å²) in [7, 11) is 0. The predicted molar refractivity (Wildman–Crippen MR) is 151 cm³/mol. The number of nitrogens with two attached hydrogens (primary N) is 1. The Morgan fingerprint density at radius 2 is 1.62 bits per heavy atom. The molecule has 0 radical (unpaired) electrons. The van der Waals surface area contributed by atoms with Crippen molar-refractivity contribution < 1.29 is 40.3 Å². The van der Waals surface area contributed by atoms with Gasteiger partial charge in [-0.15, -0.1) is 13.2 Å². The average molecular weight is 647 g/mol. The molecule has 0 atom stereocenters. The van der Waals surface area contributed by atoms with E-state index in [1.807, 2.05) is 12.1 Å². The Balaban J connectivity index is 1.52. The number of rotatable bonds is 7. The van der Waals surface area contributed by atoms with E-state index in [-0.39, 0.29) is 33.7 Å². The fourth-order valence-electron chi connectivity index (χ4n) is 5.17. The first-order valence-corrected chi connectivity index (χ1v) is 13.7. The summed E-state index contributed by atoms with van der Waals surface area (Å²) in [6.07, 6.45) is -8.44. The predicted octanol–water partition coefficient (Wildman–Crippen LogP) is 8.26. The highest BCUT2D eigenvalue weighted by Crippen LogP contribution is 2.49. The van der Waals surface area contributed by atoms with Gasteiger partial charge in [0, 0.05) is 24.1 Å². The summed E-state index contributed by atoms with van der Waals surface area (Å²) in [5.41, 5.74) is 6.61. The molecule has 5 aromatic rings. The number of halogens is 7. The Morgan fingerprint density at radius 1 is 0.956 bits per heavy atom. The van der Waals surface area contributed by atoms with Gasteiger partial charge < -0.3 is 14.9 Å². The summed E-state index contributed by atoms with van der Waals surface area (Å²) in [6.45, 7) is 1.54. The molecule has 2 N–H and O–H groups in total. The van der Waals surface area contributed by atoms with Gasteiger partial charge in [0.2, 0.25) is 5.91 Å². The van der Waals surface area contributed by atoms with Crippen molar-refractivity contribution >= 4 is 17.5 Å². The van der Waals surface area contributed by atoms with Gasteiger partial charge in [0.25, 0.3) is 0 Å². The summed E-state index contributed by atoms with van der Waals surface area (Å²) < 4.78 is 89.6. The molecule has 7 nitrogen and oxygen atoms in total. The Labute approximate surface area is 256 Å². The second kappa shape index (κ2) is 10.7. The van der Waals surface area contributed by atoms with E-state index in [9.17, 15) is 31.1 Å². The monoisotopic (exact) mass is 646 g/mol. The Morgan fingerprint density at radius 3 is 2.22 bits per heavy atom. The normalized spacial score (nSPS) is 14.4. The summed E-state index contributed by atoms with van der Waals surface area (Å²) >= 11 is 6.25. The number of benzene rings is 3. The SMILES string of the molecule is Cc1nc(-c2ccc(OC(F)(F)F)cc2)c(-c2cc(-c3cccc(C4(C(N)=O)CC4)c3)ccc2-n2nc(C(F)(F)F)cc2Cl)o1. The van der Waals surface area contributed by atoms with E-state index >= 15 is 0 Å². The van der Waals surface area contributed by atoms with Crippen LogP contribution in [0.5, 0.6) is 5.75 Å². The molecule has 45 heavy (non-hydrogen) atoms. The molecular formula is C31H21ClF6N4O3. The molecule has 2 aromatic heterocycles. The van der Waals surface area contributed by atoms with Crippen LogP contribution in [0.3, 0.4) is 0 Å². The lowest BCUT2D eigenvalue weighted by molar-refractivity contribution is -0.274. The fraction of sp³-hybridized carbons (Fsp3) is 0.194. The van der Waals surface area contributed by atoms with E-state index in [2.05, 4.69) is 14.8 Å². The molecule has 0 unspecified atom stereocenters. The minimum Gasteiger partial charge on any atom is -0.440 e. The zero-order valence-corrected chi connectivity index (χ0v) is 23.9. The molecule has 0 aliphatic heterocycles. The number of nitrogens with zero attached hydrogens (tertiary/aromatic N) is 3. The Kier molecular flexibility index (Phi) is 7.18. The van der Waals surface area contributed by atoms with Gasteiger partial charge in [0.1, 0.15) is 16.6 Å². The van der Waals surface area contributed by atoms with Gasteiger partial charge in [-0.1, -0.05) is 41.9 Å². The summed E-state index contributed by atoms with van der Waals surface area (Å²) in [5, 5.41) is 3.36. The number of hydrogen-bond donors (Lipinski definition) is 1. The van der Waals surface area contributed by atoms with Crippen LogP contribution >= 0.6 is 11.6 Å². The van der Waals surface area contributed by atoms with Crippen molar-refractivity contribution in [1.82, 2.24) is 14.8 Å². The van der Waals surface area contributed by atoms with E-state index in [4.69, 9.17) is 21.8 Å². The number of oxazole rings is 1. The third-order valence-electron chi connectivity index (χ3n) is 7.49. The molecule has 1 aliphatic carbocycles. The number of aromatic nitrogens is 3. The van der Waals surface area contributed by atoms with Gasteiger partial charge in [-0.2, -0.15) is 18.3 Å². The van der Waals surface area contributed by atoms with Crippen LogP contribution in [-0.2, 0) is 16.4 Å². The van der Waals surface area contributed by atoms with Gasteiger partial charge in [0.05, 0.1) is 11.1 Å². The standard InChI is InChI=1S/C31H21ClF6N4O3/c1-16-40-26(17-5-8-21(9-6-17)45-31(36,37)38)27(44-16)22-14-19(18-3-2-4-20(13-18)29(11-12-29)28(39)43)7-10-23(22)42-25(32)15-24(41-42)30(33,34)35/h2-10,13-15H,11-12H2,1H3,(H2,39,43). The summed E-state index contributed by atoms with van der Waals surface area (Å²) in [6, 6.07) is 17.6. The molecule has 1 aliphatic rings. The molecule has 1 fully saturated rings. The smallest absolute Gasteiger partial charge is 0.440 e. The number of carbonyl (C=O) groups excluding carboxylic acids is 1. The zero-order chi connectivity index (χ0) is 32.3. The van der Waals surface area contributed by atoms with Crippen molar-refractivity contribution in [3.63, 3.8) is 0 Å². The fourth-order valence-corrected chi connectivity index (χ4v) is 5.40. The van der Waals surface area contributed by atoms with E-state index in [0.29, 0.717) is 35.6 Å². The van der Waals surface area contributed by atoms with Crippen molar-refractivity contribution in [1.29, 1.82) is 0 Å². The molecule has 2 heterocycles. The highest BCUT2D eigenvalue weighted by Gasteiger charge is 2.50. The average Bonchev–Trinajstić information content (AvgIpc) is 3.57. The van der Waals surface area contributed by atoms with Crippen molar-refractivity contribution in [3.8, 4) is 45.1 Å². The van der Waals surface area contributed by atoms with Crippen LogP contribution in [0.4, 0.5) is 26.3 Å². The second-order valence-electron chi connectivity index (χ2n) is 10.5. The Bertz CT molecular complexity index is 1920. The molecule has 1 amide bonds. The zero-order valence-electron chi connectivity index (χ0n) is 23.1. The van der Waals surface area contributed by atoms with Crippen LogP contribution < -0.4 is 10.5 Å². The van der Waals surface area contributed by atoms with Crippen LogP contribution in [-0.4, -0.2) is 27.0 Å². The number of alkyl halides is 6. The highest BCUT2D eigenvalue weighted by molar-refractivity contribution is 6.30. The van der Waals surface area contributed by atoms with E-state index in [1.54, 1.807) is 31.2 Å². The van der Waals surface area contributed by atoms with E-state index in [1.165, 1.54) is 18.2 Å². The van der Waals surface area contributed by atoms with Crippen LogP contribution in [0.1, 0.15) is 30.0 Å². The van der Waals surface area contributed by atoms with Crippen LogP contribution in [0.2, 0.25) is 5.15 Å². The highest BCUT2D eigenvalue weighted by atomic mass is 35.5. The van der Waals surface area contributed by atoms with Crippen LogP contribution in [0.25, 0.3) is 39.4 Å². The summed E-state index contributed by atoms with van der Waals surface area (Å²) in [5.74, 6) is -0.615. The third-order valence-corrected chi connectivity index (χ3v) is 7.76. The molecule has 232 valence electrons.